The number of benzene rings is 1. The van der Waals surface area contributed by atoms with Gasteiger partial charge >= 0.3 is 0 Å². The zero-order chi connectivity index (χ0) is 13.7. The molecular formula is C16H26N2O. The van der Waals surface area contributed by atoms with Crippen LogP contribution in [0.2, 0.25) is 0 Å². The number of nitrogens with one attached hydrogen (secondary N) is 1. The summed E-state index contributed by atoms with van der Waals surface area (Å²) in [6.45, 7) is 10.4. The number of anilines is 2. The Kier molecular flexibility index (Phi) is 5.08. The number of para-hydroxylation sites is 2. The van der Waals surface area contributed by atoms with Crippen molar-refractivity contribution in [2.45, 2.75) is 33.2 Å². The minimum absolute atomic E-state index is 0.530. The summed E-state index contributed by atoms with van der Waals surface area (Å²) in [4.78, 5) is 2.42. The Morgan fingerprint density at radius 1 is 1.21 bits per heavy atom. The van der Waals surface area contributed by atoms with Crippen LogP contribution in [-0.4, -0.2) is 32.3 Å². The van der Waals surface area contributed by atoms with Crippen LogP contribution in [0.3, 0.4) is 0 Å². The van der Waals surface area contributed by atoms with E-state index < -0.39 is 0 Å². The van der Waals surface area contributed by atoms with E-state index in [4.69, 9.17) is 4.74 Å². The molecule has 1 aliphatic heterocycles. The largest absolute Gasteiger partial charge is 0.380 e. The van der Waals surface area contributed by atoms with Gasteiger partial charge in [-0.25, -0.2) is 0 Å². The summed E-state index contributed by atoms with van der Waals surface area (Å²) in [7, 11) is 0. The highest BCUT2D eigenvalue weighted by atomic mass is 16.5. The van der Waals surface area contributed by atoms with Crippen molar-refractivity contribution in [3.63, 3.8) is 0 Å². The molecule has 0 saturated carbocycles. The lowest BCUT2D eigenvalue weighted by Crippen LogP contribution is -2.37. The number of morpholine rings is 1. The van der Waals surface area contributed by atoms with Gasteiger partial charge in [0.1, 0.15) is 0 Å². The fourth-order valence-corrected chi connectivity index (χ4v) is 2.62. The molecule has 0 aromatic heterocycles. The molecule has 1 saturated heterocycles. The molecule has 0 spiro atoms. The Hall–Kier alpha value is -1.22. The van der Waals surface area contributed by atoms with Crippen LogP contribution >= 0.6 is 0 Å². The zero-order valence-corrected chi connectivity index (χ0v) is 12.4. The van der Waals surface area contributed by atoms with Gasteiger partial charge in [-0.3, -0.25) is 0 Å². The Morgan fingerprint density at radius 3 is 2.53 bits per heavy atom. The average Bonchev–Trinajstić information content (AvgIpc) is 2.45. The summed E-state index contributed by atoms with van der Waals surface area (Å²) in [6.07, 6.45) is 1.15. The van der Waals surface area contributed by atoms with E-state index in [0.29, 0.717) is 12.0 Å². The molecule has 0 amide bonds. The number of rotatable bonds is 5. The summed E-state index contributed by atoms with van der Waals surface area (Å²) in [6, 6.07) is 9.16. The average molecular weight is 262 g/mol. The zero-order valence-electron chi connectivity index (χ0n) is 12.4. The molecule has 1 aromatic carbocycles. The van der Waals surface area contributed by atoms with Crippen molar-refractivity contribution < 1.29 is 4.74 Å². The molecule has 2 rings (SSSR count). The van der Waals surface area contributed by atoms with Gasteiger partial charge in [0.2, 0.25) is 0 Å². The highest BCUT2D eigenvalue weighted by molar-refractivity contribution is 5.70. The van der Waals surface area contributed by atoms with Crippen LogP contribution in [0.5, 0.6) is 0 Å². The van der Waals surface area contributed by atoms with E-state index in [0.717, 1.165) is 32.7 Å². The van der Waals surface area contributed by atoms with Gasteiger partial charge in [-0.15, -0.1) is 0 Å². The molecule has 1 heterocycles. The van der Waals surface area contributed by atoms with Crippen molar-refractivity contribution in [3.05, 3.63) is 24.3 Å². The molecule has 0 radical (unpaired) electrons. The Balaban J connectivity index is 2.15. The van der Waals surface area contributed by atoms with E-state index in [1.54, 1.807) is 0 Å². The third-order valence-electron chi connectivity index (χ3n) is 3.84. The second-order valence-electron chi connectivity index (χ2n) is 5.52. The van der Waals surface area contributed by atoms with Crippen LogP contribution in [-0.2, 0) is 4.74 Å². The van der Waals surface area contributed by atoms with E-state index in [9.17, 15) is 0 Å². The van der Waals surface area contributed by atoms with Gasteiger partial charge in [0.15, 0.2) is 0 Å². The fourth-order valence-electron chi connectivity index (χ4n) is 2.62. The maximum absolute atomic E-state index is 5.44. The summed E-state index contributed by atoms with van der Waals surface area (Å²) in [5.74, 6) is 0.641. The number of hydrogen-bond acceptors (Lipinski definition) is 3. The van der Waals surface area contributed by atoms with E-state index in [2.05, 4.69) is 55.3 Å². The minimum Gasteiger partial charge on any atom is -0.380 e. The van der Waals surface area contributed by atoms with Crippen LogP contribution in [0.4, 0.5) is 11.4 Å². The first-order valence-electron chi connectivity index (χ1n) is 7.40. The standard InChI is InChI=1S/C16H26N2O/c1-4-14(13(2)3)17-15-7-5-6-8-16(15)18-9-11-19-12-10-18/h5-8,13-14,17H,4,9-12H2,1-3H3. The number of ether oxygens (including phenoxy) is 1. The van der Waals surface area contributed by atoms with Gasteiger partial charge in [0.25, 0.3) is 0 Å². The van der Waals surface area contributed by atoms with Crippen LogP contribution in [0, 0.1) is 5.92 Å². The summed E-state index contributed by atoms with van der Waals surface area (Å²) in [5.41, 5.74) is 2.56. The first kappa shape index (κ1) is 14.2. The Morgan fingerprint density at radius 2 is 1.89 bits per heavy atom. The second kappa shape index (κ2) is 6.80. The van der Waals surface area contributed by atoms with Gasteiger partial charge < -0.3 is 15.0 Å². The van der Waals surface area contributed by atoms with Gasteiger partial charge in [0.05, 0.1) is 24.6 Å². The molecule has 0 aliphatic carbocycles. The molecule has 1 N–H and O–H groups in total. The molecular weight excluding hydrogens is 236 g/mol. The van der Waals surface area contributed by atoms with Crippen LogP contribution in [0.25, 0.3) is 0 Å². The lowest BCUT2D eigenvalue weighted by Gasteiger charge is -2.32. The van der Waals surface area contributed by atoms with Crippen molar-refractivity contribution >= 4 is 11.4 Å². The van der Waals surface area contributed by atoms with E-state index in [1.807, 2.05) is 0 Å². The quantitative estimate of drug-likeness (QED) is 0.880. The van der Waals surface area contributed by atoms with Crippen molar-refractivity contribution in [1.82, 2.24) is 0 Å². The number of hydrogen-bond donors (Lipinski definition) is 1. The van der Waals surface area contributed by atoms with Crippen LogP contribution in [0.1, 0.15) is 27.2 Å². The second-order valence-corrected chi connectivity index (χ2v) is 5.52. The highest BCUT2D eigenvalue weighted by Gasteiger charge is 2.17. The smallest absolute Gasteiger partial charge is 0.0642 e. The third-order valence-corrected chi connectivity index (χ3v) is 3.84. The molecule has 1 aromatic rings. The van der Waals surface area contributed by atoms with Crippen molar-refractivity contribution in [2.24, 2.45) is 5.92 Å². The summed E-state index contributed by atoms with van der Waals surface area (Å²) in [5, 5.41) is 3.71. The molecule has 0 bridgehead atoms. The SMILES string of the molecule is CCC(Nc1ccccc1N1CCOCC1)C(C)C. The molecule has 1 unspecified atom stereocenters. The fraction of sp³-hybridized carbons (Fsp3) is 0.625. The highest BCUT2D eigenvalue weighted by Crippen LogP contribution is 2.28. The predicted octanol–water partition coefficient (Wildman–Crippen LogP) is 3.37. The number of nitrogens with zero attached hydrogens (tertiary/aromatic N) is 1. The van der Waals surface area contributed by atoms with Gasteiger partial charge in [0, 0.05) is 19.1 Å². The van der Waals surface area contributed by atoms with E-state index in [-0.39, 0.29) is 0 Å². The lowest BCUT2D eigenvalue weighted by molar-refractivity contribution is 0.123. The van der Waals surface area contributed by atoms with Crippen molar-refractivity contribution in [2.75, 3.05) is 36.5 Å². The van der Waals surface area contributed by atoms with Gasteiger partial charge in [-0.05, 0) is 24.5 Å². The molecule has 1 fully saturated rings. The molecule has 106 valence electrons. The lowest BCUT2D eigenvalue weighted by atomic mass is 10.0. The third kappa shape index (κ3) is 3.63. The molecule has 3 nitrogen and oxygen atoms in total. The minimum atomic E-state index is 0.530. The molecule has 19 heavy (non-hydrogen) atoms. The molecule has 1 aliphatic rings. The summed E-state index contributed by atoms with van der Waals surface area (Å²) >= 11 is 0. The monoisotopic (exact) mass is 262 g/mol. The first-order chi connectivity index (χ1) is 9.22. The molecule has 3 heteroatoms. The maximum Gasteiger partial charge on any atom is 0.0642 e. The Bertz CT molecular complexity index is 386. The van der Waals surface area contributed by atoms with Crippen molar-refractivity contribution in [3.8, 4) is 0 Å². The van der Waals surface area contributed by atoms with E-state index >= 15 is 0 Å². The molecule has 1 atom stereocenters. The van der Waals surface area contributed by atoms with Gasteiger partial charge in [-0.1, -0.05) is 32.9 Å². The topological polar surface area (TPSA) is 24.5 Å². The normalized spacial score (nSPS) is 17.6. The predicted molar refractivity (Wildman–Crippen MR) is 82.0 cm³/mol. The van der Waals surface area contributed by atoms with Gasteiger partial charge in [-0.2, -0.15) is 0 Å². The van der Waals surface area contributed by atoms with Crippen molar-refractivity contribution in [1.29, 1.82) is 0 Å². The first-order valence-corrected chi connectivity index (χ1v) is 7.40. The Labute approximate surface area is 116 Å². The van der Waals surface area contributed by atoms with E-state index in [1.165, 1.54) is 11.4 Å². The maximum atomic E-state index is 5.44. The van der Waals surface area contributed by atoms with Crippen LogP contribution < -0.4 is 10.2 Å². The van der Waals surface area contributed by atoms with Crippen LogP contribution in [0.15, 0.2) is 24.3 Å². The summed E-state index contributed by atoms with van der Waals surface area (Å²) < 4.78 is 5.44.